The molecular weight excluding hydrogens is 522 g/mol. The Kier molecular flexibility index (Phi) is 9.94. The van der Waals surface area contributed by atoms with E-state index in [1.54, 1.807) is 37.3 Å². The number of benzene rings is 3. The van der Waals surface area contributed by atoms with E-state index in [1.165, 1.54) is 23.1 Å². The van der Waals surface area contributed by atoms with Crippen LogP contribution in [0.3, 0.4) is 0 Å². The fourth-order valence-electron chi connectivity index (χ4n) is 3.85. The number of nitrogens with one attached hydrogen (secondary N) is 1. The number of aryl methyl sites for hydroxylation is 2. The standard InChI is InChI=1S/C29H34ClN3O4S/c1-5-17-31-29(35)23(4)32(19-24-14-11-21(2)12-15-24)28(34)20-33(25-16-13-22(3)27(30)18-25)38(36,37)26-9-7-6-8-10-26/h6-16,18,23H,5,17,19-20H2,1-4H3,(H,31,35)/t23-/m1/s1. The van der Waals surface area contributed by atoms with Crippen LogP contribution in [-0.2, 0) is 26.2 Å². The second-order valence-electron chi connectivity index (χ2n) is 9.23. The van der Waals surface area contributed by atoms with Crippen LogP contribution in [0.5, 0.6) is 0 Å². The number of hydrogen-bond donors (Lipinski definition) is 1. The third kappa shape index (κ3) is 7.14. The van der Waals surface area contributed by atoms with Gasteiger partial charge in [-0.1, -0.05) is 72.6 Å². The van der Waals surface area contributed by atoms with Gasteiger partial charge in [-0.15, -0.1) is 0 Å². The molecule has 3 rings (SSSR count). The van der Waals surface area contributed by atoms with E-state index in [9.17, 15) is 18.0 Å². The average Bonchev–Trinajstić information content (AvgIpc) is 2.91. The summed E-state index contributed by atoms with van der Waals surface area (Å²) in [5, 5.41) is 3.22. The minimum Gasteiger partial charge on any atom is -0.354 e. The van der Waals surface area contributed by atoms with Crippen molar-refractivity contribution in [2.24, 2.45) is 0 Å². The first-order chi connectivity index (χ1) is 18.0. The normalized spacial score (nSPS) is 12.0. The number of anilines is 1. The van der Waals surface area contributed by atoms with Gasteiger partial charge in [-0.2, -0.15) is 0 Å². The molecule has 0 heterocycles. The van der Waals surface area contributed by atoms with Crippen molar-refractivity contribution in [3.63, 3.8) is 0 Å². The summed E-state index contributed by atoms with van der Waals surface area (Å²) in [6.45, 7) is 7.49. The maximum atomic E-state index is 13.9. The molecule has 0 spiro atoms. The van der Waals surface area contributed by atoms with Crippen molar-refractivity contribution in [1.29, 1.82) is 0 Å². The van der Waals surface area contributed by atoms with Gasteiger partial charge in [-0.25, -0.2) is 8.42 Å². The van der Waals surface area contributed by atoms with Crippen LogP contribution in [0.25, 0.3) is 0 Å². The first kappa shape index (κ1) is 29.2. The van der Waals surface area contributed by atoms with Gasteiger partial charge < -0.3 is 10.2 Å². The minimum absolute atomic E-state index is 0.0447. The van der Waals surface area contributed by atoms with Gasteiger partial charge in [0.25, 0.3) is 10.0 Å². The number of hydrogen-bond acceptors (Lipinski definition) is 4. The van der Waals surface area contributed by atoms with Gasteiger partial charge in [-0.05, 0) is 62.6 Å². The quantitative estimate of drug-likeness (QED) is 0.357. The van der Waals surface area contributed by atoms with Gasteiger partial charge in [-0.3, -0.25) is 13.9 Å². The van der Waals surface area contributed by atoms with Gasteiger partial charge in [0.15, 0.2) is 0 Å². The maximum Gasteiger partial charge on any atom is 0.264 e. The van der Waals surface area contributed by atoms with Crippen molar-refractivity contribution in [3.8, 4) is 0 Å². The topological polar surface area (TPSA) is 86.8 Å². The van der Waals surface area contributed by atoms with Gasteiger partial charge in [0, 0.05) is 18.1 Å². The van der Waals surface area contributed by atoms with E-state index < -0.39 is 28.5 Å². The molecule has 38 heavy (non-hydrogen) atoms. The smallest absolute Gasteiger partial charge is 0.264 e. The lowest BCUT2D eigenvalue weighted by Crippen LogP contribution is -2.51. The monoisotopic (exact) mass is 555 g/mol. The van der Waals surface area contributed by atoms with Crippen LogP contribution in [0.15, 0.2) is 77.7 Å². The Morgan fingerprint density at radius 2 is 1.63 bits per heavy atom. The van der Waals surface area contributed by atoms with E-state index in [-0.39, 0.29) is 23.0 Å². The number of carbonyl (C=O) groups excluding carboxylic acids is 2. The number of halogens is 1. The van der Waals surface area contributed by atoms with E-state index in [4.69, 9.17) is 11.6 Å². The molecule has 3 aromatic rings. The van der Waals surface area contributed by atoms with E-state index in [0.717, 1.165) is 27.4 Å². The summed E-state index contributed by atoms with van der Waals surface area (Å²) < 4.78 is 28.6. The molecule has 0 saturated heterocycles. The first-order valence-corrected chi connectivity index (χ1v) is 14.3. The van der Waals surface area contributed by atoms with Gasteiger partial charge in [0.05, 0.1) is 10.6 Å². The Morgan fingerprint density at radius 1 is 0.974 bits per heavy atom. The summed E-state index contributed by atoms with van der Waals surface area (Å²) in [6, 6.07) is 19.6. The molecule has 0 aromatic heterocycles. The van der Waals surface area contributed by atoms with Crippen LogP contribution in [0.2, 0.25) is 5.02 Å². The highest BCUT2D eigenvalue weighted by atomic mass is 35.5. The second-order valence-corrected chi connectivity index (χ2v) is 11.5. The molecule has 9 heteroatoms. The van der Waals surface area contributed by atoms with E-state index >= 15 is 0 Å². The Labute approximate surface area is 230 Å². The summed E-state index contributed by atoms with van der Waals surface area (Å²) in [7, 11) is -4.12. The summed E-state index contributed by atoms with van der Waals surface area (Å²) in [5.74, 6) is -0.816. The Morgan fingerprint density at radius 3 is 2.24 bits per heavy atom. The molecule has 0 fully saturated rings. The lowest BCUT2D eigenvalue weighted by molar-refractivity contribution is -0.139. The molecule has 7 nitrogen and oxygen atoms in total. The molecule has 0 saturated carbocycles. The Hall–Kier alpha value is -3.36. The first-order valence-electron chi connectivity index (χ1n) is 12.5. The highest BCUT2D eigenvalue weighted by Crippen LogP contribution is 2.28. The van der Waals surface area contributed by atoms with E-state index in [2.05, 4.69) is 5.32 Å². The minimum atomic E-state index is -4.12. The van der Waals surface area contributed by atoms with E-state index in [0.29, 0.717) is 11.6 Å². The molecule has 0 radical (unpaired) electrons. The van der Waals surface area contributed by atoms with Crippen molar-refractivity contribution < 1.29 is 18.0 Å². The molecule has 1 atom stereocenters. The number of sulfonamides is 1. The lowest BCUT2D eigenvalue weighted by Gasteiger charge is -2.32. The molecule has 0 aliphatic heterocycles. The van der Waals surface area contributed by atoms with Crippen LogP contribution in [0.4, 0.5) is 5.69 Å². The predicted molar refractivity (Wildman–Crippen MR) is 152 cm³/mol. The zero-order valence-corrected chi connectivity index (χ0v) is 23.7. The highest BCUT2D eigenvalue weighted by Gasteiger charge is 2.32. The average molecular weight is 556 g/mol. The summed E-state index contributed by atoms with van der Waals surface area (Å²) in [5.41, 5.74) is 2.93. The molecule has 0 aliphatic carbocycles. The van der Waals surface area contributed by atoms with Crippen LogP contribution >= 0.6 is 11.6 Å². The number of amides is 2. The second kappa shape index (κ2) is 12.9. The molecule has 1 N–H and O–H groups in total. The summed E-state index contributed by atoms with van der Waals surface area (Å²) in [4.78, 5) is 28.2. The van der Waals surface area contributed by atoms with Crippen molar-refractivity contribution in [1.82, 2.24) is 10.2 Å². The lowest BCUT2D eigenvalue weighted by atomic mass is 10.1. The van der Waals surface area contributed by atoms with Crippen molar-refractivity contribution in [3.05, 3.63) is 94.5 Å². The molecule has 0 bridgehead atoms. The Bertz CT molecular complexity index is 1360. The SMILES string of the molecule is CCCNC(=O)[C@@H](C)N(Cc1ccc(C)cc1)C(=O)CN(c1ccc(C)c(Cl)c1)S(=O)(=O)c1ccccc1. The molecule has 0 aliphatic rings. The van der Waals surface area contributed by atoms with Crippen LogP contribution in [0.1, 0.15) is 37.0 Å². The third-order valence-electron chi connectivity index (χ3n) is 6.24. The maximum absolute atomic E-state index is 13.9. The molecule has 202 valence electrons. The Balaban J connectivity index is 2.02. The fraction of sp³-hybridized carbons (Fsp3) is 0.310. The molecule has 0 unspecified atom stereocenters. The fourth-order valence-corrected chi connectivity index (χ4v) is 5.46. The van der Waals surface area contributed by atoms with Crippen LogP contribution in [-0.4, -0.2) is 44.3 Å². The van der Waals surface area contributed by atoms with Crippen LogP contribution in [0, 0.1) is 13.8 Å². The zero-order valence-electron chi connectivity index (χ0n) is 22.1. The van der Waals surface area contributed by atoms with Crippen molar-refractivity contribution in [2.45, 2.75) is 51.6 Å². The summed E-state index contributed by atoms with van der Waals surface area (Å²) in [6.07, 6.45) is 0.752. The number of nitrogens with zero attached hydrogens (tertiary/aromatic N) is 2. The van der Waals surface area contributed by atoms with Gasteiger partial charge >= 0.3 is 0 Å². The van der Waals surface area contributed by atoms with Crippen molar-refractivity contribution in [2.75, 3.05) is 17.4 Å². The number of rotatable bonds is 11. The predicted octanol–water partition coefficient (Wildman–Crippen LogP) is 5.10. The summed E-state index contributed by atoms with van der Waals surface area (Å²) >= 11 is 6.34. The largest absolute Gasteiger partial charge is 0.354 e. The van der Waals surface area contributed by atoms with Crippen molar-refractivity contribution >= 4 is 39.1 Å². The zero-order chi connectivity index (χ0) is 27.9. The van der Waals surface area contributed by atoms with E-state index in [1.807, 2.05) is 45.0 Å². The number of carbonyl (C=O) groups is 2. The van der Waals surface area contributed by atoms with Crippen LogP contribution < -0.4 is 9.62 Å². The third-order valence-corrected chi connectivity index (χ3v) is 8.44. The molecule has 2 amide bonds. The molecular formula is C29H34ClN3O4S. The molecule has 3 aromatic carbocycles. The van der Waals surface area contributed by atoms with Gasteiger partial charge in [0.2, 0.25) is 11.8 Å². The highest BCUT2D eigenvalue weighted by molar-refractivity contribution is 7.92. The van der Waals surface area contributed by atoms with Gasteiger partial charge in [0.1, 0.15) is 12.6 Å².